The van der Waals surface area contributed by atoms with Crippen LogP contribution in [-0.2, 0) is 0 Å². The summed E-state index contributed by atoms with van der Waals surface area (Å²) < 4.78 is 2.03. The zero-order valence-electron chi connectivity index (χ0n) is 8.09. The van der Waals surface area contributed by atoms with E-state index in [1.165, 1.54) is 0 Å². The summed E-state index contributed by atoms with van der Waals surface area (Å²) in [5.74, 6) is 0. The van der Waals surface area contributed by atoms with Gasteiger partial charge in [-0.05, 0) is 36.8 Å². The molecule has 0 bridgehead atoms. The summed E-state index contributed by atoms with van der Waals surface area (Å²) in [6.07, 6.45) is 3.60. The molecule has 0 aliphatic carbocycles. The minimum absolute atomic E-state index is 0.395. The summed E-state index contributed by atoms with van der Waals surface area (Å²) in [5.41, 5.74) is 2.06. The fourth-order valence-electron chi connectivity index (χ4n) is 1.43. The molecule has 1 heterocycles. The molecule has 1 unspecified atom stereocenters. The molecule has 0 aliphatic rings. The monoisotopic (exact) mass is 187 g/mol. The number of hydrogen-bond donors (Lipinski definition) is 1. The van der Waals surface area contributed by atoms with Gasteiger partial charge < -0.3 is 9.67 Å². The number of aliphatic hydroxyl groups excluding tert-OH is 1. The minimum Gasteiger partial charge on any atom is -0.389 e. The molecular formula is C12H13NO. The van der Waals surface area contributed by atoms with Gasteiger partial charge in [-0.1, -0.05) is 12.1 Å². The summed E-state index contributed by atoms with van der Waals surface area (Å²) >= 11 is 0. The maximum Gasteiger partial charge on any atom is 0.0761 e. The van der Waals surface area contributed by atoms with E-state index in [0.29, 0.717) is 0 Å². The van der Waals surface area contributed by atoms with Crippen molar-refractivity contribution in [2.75, 3.05) is 0 Å². The smallest absolute Gasteiger partial charge is 0.0761 e. The molecule has 0 fully saturated rings. The predicted octanol–water partition coefficient (Wildman–Crippen LogP) is 2.53. The summed E-state index contributed by atoms with van der Waals surface area (Å²) in [6, 6.07) is 11.9. The van der Waals surface area contributed by atoms with Gasteiger partial charge in [0.15, 0.2) is 0 Å². The van der Waals surface area contributed by atoms with Gasteiger partial charge in [0.05, 0.1) is 6.10 Å². The molecule has 1 N–H and O–H groups in total. The second-order valence-electron chi connectivity index (χ2n) is 3.36. The zero-order valence-corrected chi connectivity index (χ0v) is 8.09. The van der Waals surface area contributed by atoms with E-state index in [0.717, 1.165) is 11.3 Å². The molecule has 1 aromatic heterocycles. The normalized spacial score (nSPS) is 12.7. The molecule has 14 heavy (non-hydrogen) atoms. The number of nitrogens with zero attached hydrogens (tertiary/aromatic N) is 1. The quantitative estimate of drug-likeness (QED) is 0.767. The van der Waals surface area contributed by atoms with E-state index < -0.39 is 6.10 Å². The zero-order chi connectivity index (χ0) is 9.97. The topological polar surface area (TPSA) is 25.2 Å². The van der Waals surface area contributed by atoms with Crippen molar-refractivity contribution in [3.8, 4) is 5.69 Å². The molecule has 2 aromatic rings. The van der Waals surface area contributed by atoms with Crippen LogP contribution in [0.3, 0.4) is 0 Å². The van der Waals surface area contributed by atoms with Crippen molar-refractivity contribution in [3.05, 3.63) is 54.4 Å². The standard InChI is InChI=1S/C12H13NO/c1-10(14)11-4-6-12(7-5-11)13-8-2-3-9-13/h2-10,14H,1H3. The van der Waals surface area contributed by atoms with Crippen LogP contribution in [0.15, 0.2) is 48.8 Å². The molecule has 0 saturated carbocycles. The van der Waals surface area contributed by atoms with Gasteiger partial charge in [-0.3, -0.25) is 0 Å². The van der Waals surface area contributed by atoms with E-state index in [1.807, 2.05) is 53.4 Å². The third-order valence-electron chi connectivity index (χ3n) is 2.28. The first kappa shape index (κ1) is 9.03. The van der Waals surface area contributed by atoms with Crippen molar-refractivity contribution in [1.82, 2.24) is 4.57 Å². The molecule has 0 radical (unpaired) electrons. The van der Waals surface area contributed by atoms with E-state index in [9.17, 15) is 5.11 Å². The van der Waals surface area contributed by atoms with Crippen molar-refractivity contribution in [3.63, 3.8) is 0 Å². The van der Waals surface area contributed by atoms with Crippen LogP contribution in [0.5, 0.6) is 0 Å². The lowest BCUT2D eigenvalue weighted by Crippen LogP contribution is -1.93. The van der Waals surface area contributed by atoms with Gasteiger partial charge in [0, 0.05) is 18.1 Å². The van der Waals surface area contributed by atoms with Crippen LogP contribution in [-0.4, -0.2) is 9.67 Å². The highest BCUT2D eigenvalue weighted by atomic mass is 16.3. The first-order valence-electron chi connectivity index (χ1n) is 4.69. The average molecular weight is 187 g/mol. The molecule has 1 aromatic carbocycles. The number of benzene rings is 1. The van der Waals surface area contributed by atoms with Crippen molar-refractivity contribution < 1.29 is 5.11 Å². The van der Waals surface area contributed by atoms with Gasteiger partial charge in [0.1, 0.15) is 0 Å². The van der Waals surface area contributed by atoms with Gasteiger partial charge in [-0.25, -0.2) is 0 Å². The summed E-state index contributed by atoms with van der Waals surface area (Å²) in [7, 11) is 0. The molecule has 2 heteroatoms. The third-order valence-corrected chi connectivity index (χ3v) is 2.28. The van der Waals surface area contributed by atoms with Gasteiger partial charge in [0.25, 0.3) is 0 Å². The molecule has 2 nitrogen and oxygen atoms in total. The Hall–Kier alpha value is -1.54. The van der Waals surface area contributed by atoms with Crippen LogP contribution < -0.4 is 0 Å². The summed E-state index contributed by atoms with van der Waals surface area (Å²) in [6.45, 7) is 1.77. The average Bonchev–Trinajstić information content (AvgIpc) is 2.71. The Bertz CT molecular complexity index is 387. The Morgan fingerprint density at radius 1 is 1.07 bits per heavy atom. The van der Waals surface area contributed by atoms with Crippen molar-refractivity contribution in [1.29, 1.82) is 0 Å². The van der Waals surface area contributed by atoms with Crippen molar-refractivity contribution >= 4 is 0 Å². The second kappa shape index (κ2) is 3.68. The highest BCUT2D eigenvalue weighted by Gasteiger charge is 2.00. The van der Waals surface area contributed by atoms with Crippen molar-refractivity contribution in [2.45, 2.75) is 13.0 Å². The Labute approximate surface area is 83.4 Å². The highest BCUT2D eigenvalue weighted by Crippen LogP contribution is 2.15. The molecule has 0 aliphatic heterocycles. The molecule has 2 rings (SSSR count). The van der Waals surface area contributed by atoms with Gasteiger partial charge in [0.2, 0.25) is 0 Å². The number of aliphatic hydroxyl groups is 1. The first-order valence-corrected chi connectivity index (χ1v) is 4.69. The third kappa shape index (κ3) is 1.70. The lowest BCUT2D eigenvalue weighted by Gasteiger charge is -2.06. The number of hydrogen-bond acceptors (Lipinski definition) is 1. The lowest BCUT2D eigenvalue weighted by molar-refractivity contribution is 0.199. The lowest BCUT2D eigenvalue weighted by atomic mass is 10.1. The summed E-state index contributed by atoms with van der Waals surface area (Å²) in [5, 5.41) is 9.34. The highest BCUT2D eigenvalue weighted by molar-refractivity contribution is 5.35. The maximum atomic E-state index is 9.34. The number of aromatic nitrogens is 1. The van der Waals surface area contributed by atoms with Crippen LogP contribution in [0.2, 0.25) is 0 Å². The van der Waals surface area contributed by atoms with Crippen LogP contribution in [0.4, 0.5) is 0 Å². The second-order valence-corrected chi connectivity index (χ2v) is 3.36. The van der Waals surface area contributed by atoms with Gasteiger partial charge in [-0.15, -0.1) is 0 Å². The molecule has 0 amide bonds. The van der Waals surface area contributed by atoms with E-state index >= 15 is 0 Å². The minimum atomic E-state index is -0.395. The molecule has 1 atom stereocenters. The molecule has 72 valence electrons. The van der Waals surface area contributed by atoms with Gasteiger partial charge in [-0.2, -0.15) is 0 Å². The van der Waals surface area contributed by atoms with Crippen LogP contribution in [0.1, 0.15) is 18.6 Å². The molecule has 0 saturated heterocycles. The Morgan fingerprint density at radius 3 is 2.14 bits per heavy atom. The van der Waals surface area contributed by atoms with Crippen LogP contribution in [0, 0.1) is 0 Å². The maximum absolute atomic E-state index is 9.34. The molecular weight excluding hydrogens is 174 g/mol. The Morgan fingerprint density at radius 2 is 1.64 bits per heavy atom. The number of rotatable bonds is 2. The van der Waals surface area contributed by atoms with Crippen LogP contribution in [0.25, 0.3) is 5.69 Å². The fourth-order valence-corrected chi connectivity index (χ4v) is 1.43. The van der Waals surface area contributed by atoms with E-state index in [1.54, 1.807) is 6.92 Å². The molecule has 0 spiro atoms. The van der Waals surface area contributed by atoms with Crippen molar-refractivity contribution in [2.24, 2.45) is 0 Å². The predicted molar refractivity (Wildman–Crippen MR) is 56.4 cm³/mol. The first-order chi connectivity index (χ1) is 6.77. The SMILES string of the molecule is CC(O)c1ccc(-n2cccc2)cc1. The fraction of sp³-hybridized carbons (Fsp3) is 0.167. The Kier molecular flexibility index (Phi) is 2.37. The van der Waals surface area contributed by atoms with E-state index in [4.69, 9.17) is 0 Å². The van der Waals surface area contributed by atoms with E-state index in [-0.39, 0.29) is 0 Å². The summed E-state index contributed by atoms with van der Waals surface area (Å²) in [4.78, 5) is 0. The van der Waals surface area contributed by atoms with Crippen LogP contribution >= 0.6 is 0 Å². The van der Waals surface area contributed by atoms with E-state index in [2.05, 4.69) is 0 Å². The Balaban J connectivity index is 2.31. The van der Waals surface area contributed by atoms with Gasteiger partial charge >= 0.3 is 0 Å². The largest absolute Gasteiger partial charge is 0.389 e.